The summed E-state index contributed by atoms with van der Waals surface area (Å²) in [4.78, 5) is 3.74. The minimum Gasteiger partial charge on any atom is -0.320 e. The molecule has 2 nitrogen and oxygen atoms in total. The highest BCUT2D eigenvalue weighted by atomic mass is 32.1. The lowest BCUT2D eigenvalue weighted by Gasteiger charge is -2.12. The molecule has 0 saturated carbocycles. The van der Waals surface area contributed by atoms with Gasteiger partial charge in [-0.05, 0) is 28.5 Å². The number of thiophene rings is 1. The van der Waals surface area contributed by atoms with Crippen molar-refractivity contribution in [3.05, 3.63) is 65.0 Å². The average Bonchev–Trinajstić information content (AvgIpc) is 2.82. The summed E-state index contributed by atoms with van der Waals surface area (Å²) in [7, 11) is 0. The second kappa shape index (κ2) is 4.48. The molecule has 4 heteroatoms. The van der Waals surface area contributed by atoms with Gasteiger partial charge >= 0.3 is 0 Å². The molecule has 1 atom stereocenters. The number of nitrogens with two attached hydrogens (primary N) is 1. The molecule has 2 heterocycles. The fourth-order valence-corrected chi connectivity index (χ4v) is 3.04. The normalized spacial score (nSPS) is 12.8. The van der Waals surface area contributed by atoms with Crippen LogP contribution in [-0.2, 0) is 0 Å². The Morgan fingerprint density at radius 2 is 2.00 bits per heavy atom. The van der Waals surface area contributed by atoms with Crippen LogP contribution < -0.4 is 5.73 Å². The summed E-state index contributed by atoms with van der Waals surface area (Å²) in [6.07, 6.45) is 2.76. The van der Waals surface area contributed by atoms with Crippen LogP contribution in [0.15, 0.2) is 48.1 Å². The molecule has 1 unspecified atom stereocenters. The number of rotatable bonds is 2. The van der Waals surface area contributed by atoms with E-state index in [0.29, 0.717) is 5.56 Å². The first kappa shape index (κ1) is 11.3. The maximum atomic E-state index is 13.7. The number of halogens is 1. The fraction of sp³-hybridized carbons (Fsp3) is 0.0714. The van der Waals surface area contributed by atoms with Crippen LogP contribution in [0.5, 0.6) is 0 Å². The highest BCUT2D eigenvalue weighted by Crippen LogP contribution is 2.32. The summed E-state index contributed by atoms with van der Waals surface area (Å²) < 4.78 is 14.9. The summed E-state index contributed by atoms with van der Waals surface area (Å²) in [5.74, 6) is -0.361. The largest absolute Gasteiger partial charge is 0.320 e. The second-order valence-corrected chi connectivity index (χ2v) is 4.97. The molecule has 90 valence electrons. The highest BCUT2D eigenvalue weighted by molar-refractivity contribution is 7.17. The van der Waals surface area contributed by atoms with Gasteiger partial charge in [-0.2, -0.15) is 0 Å². The van der Waals surface area contributed by atoms with E-state index in [9.17, 15) is 4.39 Å². The summed E-state index contributed by atoms with van der Waals surface area (Å²) in [6.45, 7) is 0. The second-order valence-electron chi connectivity index (χ2n) is 4.06. The third-order valence-electron chi connectivity index (χ3n) is 2.98. The number of hydrogen-bond acceptors (Lipinski definition) is 3. The Bertz CT molecular complexity index is 693. The Hall–Kier alpha value is -1.78. The fourth-order valence-electron chi connectivity index (χ4n) is 2.04. The van der Waals surface area contributed by atoms with Crippen LogP contribution in [0.25, 0.3) is 10.1 Å². The molecule has 2 N–H and O–H groups in total. The lowest BCUT2D eigenvalue weighted by atomic mass is 10.00. The molecule has 3 rings (SSSR count). The Morgan fingerprint density at radius 1 is 1.17 bits per heavy atom. The molecule has 18 heavy (non-hydrogen) atoms. The summed E-state index contributed by atoms with van der Waals surface area (Å²) in [6, 6.07) is 9.19. The lowest BCUT2D eigenvalue weighted by Crippen LogP contribution is -2.13. The topological polar surface area (TPSA) is 38.9 Å². The summed E-state index contributed by atoms with van der Waals surface area (Å²) in [5.41, 5.74) is 7.61. The predicted molar refractivity (Wildman–Crippen MR) is 72.1 cm³/mol. The van der Waals surface area contributed by atoms with Crippen LogP contribution in [0.4, 0.5) is 4.39 Å². The van der Waals surface area contributed by atoms with Crippen molar-refractivity contribution in [1.29, 1.82) is 0 Å². The van der Waals surface area contributed by atoms with Gasteiger partial charge in [0.1, 0.15) is 5.82 Å². The first-order chi connectivity index (χ1) is 8.77. The van der Waals surface area contributed by atoms with Crippen molar-refractivity contribution >= 4 is 21.4 Å². The van der Waals surface area contributed by atoms with Crippen molar-refractivity contribution in [3.63, 3.8) is 0 Å². The van der Waals surface area contributed by atoms with Crippen molar-refractivity contribution in [1.82, 2.24) is 4.98 Å². The Morgan fingerprint density at radius 3 is 2.83 bits per heavy atom. The molecule has 0 aliphatic heterocycles. The van der Waals surface area contributed by atoms with E-state index in [1.807, 2.05) is 29.6 Å². The van der Waals surface area contributed by atoms with Crippen LogP contribution in [0.3, 0.4) is 0 Å². The van der Waals surface area contributed by atoms with Gasteiger partial charge in [0.2, 0.25) is 0 Å². The molecule has 0 saturated heterocycles. The van der Waals surface area contributed by atoms with Gasteiger partial charge in [0, 0.05) is 16.5 Å². The molecule has 1 aromatic carbocycles. The summed E-state index contributed by atoms with van der Waals surface area (Å²) >= 11 is 1.62. The van der Waals surface area contributed by atoms with Crippen molar-refractivity contribution in [2.24, 2.45) is 5.73 Å². The Kier molecular flexibility index (Phi) is 2.81. The molecular weight excluding hydrogens is 247 g/mol. The number of benzene rings is 1. The molecule has 0 fully saturated rings. The number of nitrogens with zero attached hydrogens (tertiary/aromatic N) is 1. The number of hydrogen-bond donors (Lipinski definition) is 1. The standard InChI is InChI=1S/C14H11FN2S/c15-12-7-17-6-5-10(12)14(16)11-8-18-13-4-2-1-3-9(11)13/h1-8,14H,16H2. The van der Waals surface area contributed by atoms with E-state index < -0.39 is 6.04 Å². The van der Waals surface area contributed by atoms with E-state index in [1.54, 1.807) is 23.6 Å². The van der Waals surface area contributed by atoms with Crippen molar-refractivity contribution in [2.75, 3.05) is 0 Å². The zero-order valence-electron chi connectivity index (χ0n) is 9.51. The molecule has 0 bridgehead atoms. The first-order valence-electron chi connectivity index (χ1n) is 5.58. The van der Waals surface area contributed by atoms with Crippen LogP contribution in [-0.4, -0.2) is 4.98 Å². The van der Waals surface area contributed by atoms with Gasteiger partial charge in [-0.15, -0.1) is 11.3 Å². The van der Waals surface area contributed by atoms with Crippen LogP contribution in [0, 0.1) is 5.82 Å². The molecular formula is C14H11FN2S. The van der Waals surface area contributed by atoms with Gasteiger partial charge in [-0.1, -0.05) is 18.2 Å². The lowest BCUT2D eigenvalue weighted by molar-refractivity contribution is 0.594. The number of aromatic nitrogens is 1. The average molecular weight is 258 g/mol. The predicted octanol–water partition coefficient (Wildman–Crippen LogP) is 3.48. The molecule has 0 aliphatic carbocycles. The quantitative estimate of drug-likeness (QED) is 0.764. The van der Waals surface area contributed by atoms with Gasteiger partial charge in [0.25, 0.3) is 0 Å². The maximum Gasteiger partial charge on any atom is 0.146 e. The molecule has 0 radical (unpaired) electrons. The van der Waals surface area contributed by atoms with Gasteiger partial charge in [-0.25, -0.2) is 4.39 Å². The van der Waals surface area contributed by atoms with Gasteiger partial charge in [0.15, 0.2) is 0 Å². The van der Waals surface area contributed by atoms with E-state index in [4.69, 9.17) is 5.73 Å². The third-order valence-corrected chi connectivity index (χ3v) is 3.97. The maximum absolute atomic E-state index is 13.7. The highest BCUT2D eigenvalue weighted by Gasteiger charge is 2.16. The minimum atomic E-state index is -0.454. The molecule has 0 spiro atoms. The molecule has 0 amide bonds. The monoisotopic (exact) mass is 258 g/mol. The van der Waals surface area contributed by atoms with Crippen LogP contribution >= 0.6 is 11.3 Å². The van der Waals surface area contributed by atoms with Crippen LogP contribution in [0.1, 0.15) is 17.2 Å². The zero-order chi connectivity index (χ0) is 12.5. The van der Waals surface area contributed by atoms with Crippen molar-refractivity contribution < 1.29 is 4.39 Å². The van der Waals surface area contributed by atoms with E-state index in [2.05, 4.69) is 4.98 Å². The molecule has 0 aliphatic rings. The number of fused-ring (bicyclic) bond motifs is 1. The Labute approximate surface area is 108 Å². The summed E-state index contributed by atoms with van der Waals surface area (Å²) in [5, 5.41) is 3.08. The van der Waals surface area contributed by atoms with Gasteiger partial charge in [-0.3, -0.25) is 4.98 Å². The van der Waals surface area contributed by atoms with E-state index in [0.717, 1.165) is 15.6 Å². The Balaban J connectivity index is 2.13. The molecule has 3 aromatic rings. The van der Waals surface area contributed by atoms with Crippen molar-refractivity contribution in [3.8, 4) is 0 Å². The zero-order valence-corrected chi connectivity index (χ0v) is 10.3. The van der Waals surface area contributed by atoms with Gasteiger partial charge < -0.3 is 5.73 Å². The van der Waals surface area contributed by atoms with Crippen LogP contribution in [0.2, 0.25) is 0 Å². The van der Waals surface area contributed by atoms with E-state index >= 15 is 0 Å². The first-order valence-corrected chi connectivity index (χ1v) is 6.46. The third kappa shape index (κ3) is 1.79. The smallest absolute Gasteiger partial charge is 0.146 e. The number of pyridine rings is 1. The van der Waals surface area contributed by atoms with E-state index in [1.165, 1.54) is 6.20 Å². The SMILES string of the molecule is NC(c1ccncc1F)c1csc2ccccc12. The minimum absolute atomic E-state index is 0.361. The van der Waals surface area contributed by atoms with E-state index in [-0.39, 0.29) is 5.82 Å². The molecule has 2 aromatic heterocycles. The van der Waals surface area contributed by atoms with Crippen molar-refractivity contribution in [2.45, 2.75) is 6.04 Å². The van der Waals surface area contributed by atoms with Gasteiger partial charge in [0.05, 0.1) is 12.2 Å².